The van der Waals surface area contributed by atoms with Gasteiger partial charge in [-0.05, 0) is 29.3 Å². The Balaban J connectivity index is 1.79. The molecule has 1 heterocycles. The molecule has 0 fully saturated rings. The van der Waals surface area contributed by atoms with Crippen LogP contribution in [0.5, 0.6) is 5.75 Å². The number of aromatic amines is 1. The van der Waals surface area contributed by atoms with Crippen LogP contribution < -0.4 is 15.7 Å². The number of carboxylic acids is 1. The van der Waals surface area contributed by atoms with Crippen LogP contribution in [0.25, 0.3) is 11.1 Å². The molecule has 0 saturated carbocycles. The Hall–Kier alpha value is -3.96. The first-order valence-corrected chi connectivity index (χ1v) is 9.35. The fraction of sp³-hybridized carbons (Fsp3) is 0.190. The van der Waals surface area contributed by atoms with E-state index in [9.17, 15) is 23.9 Å². The zero-order valence-electron chi connectivity index (χ0n) is 16.9. The van der Waals surface area contributed by atoms with Gasteiger partial charge in [-0.15, -0.1) is 0 Å². The van der Waals surface area contributed by atoms with Gasteiger partial charge in [0, 0.05) is 12.1 Å². The minimum Gasteiger partial charge on any atom is -0.496 e. The predicted molar refractivity (Wildman–Crippen MR) is 109 cm³/mol. The molecule has 0 aliphatic heterocycles. The van der Waals surface area contributed by atoms with E-state index in [-0.39, 0.29) is 12.3 Å². The van der Waals surface area contributed by atoms with E-state index in [4.69, 9.17) is 14.4 Å². The van der Waals surface area contributed by atoms with Gasteiger partial charge in [-0.25, -0.2) is 14.2 Å². The molecule has 11 heteroatoms. The molecule has 0 radical (unpaired) electrons. The topological polar surface area (TPSA) is 145 Å². The quantitative estimate of drug-likeness (QED) is 0.362. The number of carboxylic acid groups (broad SMARTS) is 1. The van der Waals surface area contributed by atoms with Gasteiger partial charge < -0.3 is 19.5 Å². The Labute approximate surface area is 180 Å². The van der Waals surface area contributed by atoms with Crippen molar-refractivity contribution in [3.63, 3.8) is 0 Å². The second kappa shape index (κ2) is 9.90. The van der Waals surface area contributed by atoms with Crippen molar-refractivity contribution in [1.82, 2.24) is 15.6 Å². The van der Waals surface area contributed by atoms with Crippen molar-refractivity contribution >= 4 is 11.9 Å². The van der Waals surface area contributed by atoms with Crippen molar-refractivity contribution in [2.45, 2.75) is 12.6 Å². The van der Waals surface area contributed by atoms with E-state index in [2.05, 4.69) is 5.43 Å². The van der Waals surface area contributed by atoms with Gasteiger partial charge in [0.25, 0.3) is 5.56 Å². The van der Waals surface area contributed by atoms with E-state index in [0.29, 0.717) is 22.4 Å². The number of rotatable bonds is 9. The minimum absolute atomic E-state index is 0.0191. The van der Waals surface area contributed by atoms with Gasteiger partial charge in [0.1, 0.15) is 11.6 Å². The number of ether oxygens (including phenoxy) is 1. The number of nitrogens with zero attached hydrogens (tertiary/aromatic N) is 1. The maximum Gasteiger partial charge on any atom is 0.333 e. The molecule has 1 atom stereocenters. The number of H-pyrrole nitrogens is 1. The molecule has 3 rings (SSSR count). The molecule has 0 spiro atoms. The summed E-state index contributed by atoms with van der Waals surface area (Å²) in [6.45, 7) is -0.416. The molecular formula is C21H20FN3O7. The summed E-state index contributed by atoms with van der Waals surface area (Å²) in [7, 11) is 1.48. The van der Waals surface area contributed by atoms with Crippen LogP contribution in [0.1, 0.15) is 16.1 Å². The van der Waals surface area contributed by atoms with Crippen molar-refractivity contribution in [3.8, 4) is 16.9 Å². The van der Waals surface area contributed by atoms with Gasteiger partial charge in [-0.2, -0.15) is 5.16 Å². The highest BCUT2D eigenvalue weighted by molar-refractivity contribution is 5.90. The lowest BCUT2D eigenvalue weighted by Gasteiger charge is -2.24. The highest BCUT2D eigenvalue weighted by Gasteiger charge is 2.22. The summed E-state index contributed by atoms with van der Waals surface area (Å²) in [5.74, 6) is -2.50. The third-order valence-corrected chi connectivity index (χ3v) is 4.49. The Morgan fingerprint density at radius 3 is 2.53 bits per heavy atom. The summed E-state index contributed by atoms with van der Waals surface area (Å²) in [6, 6.07) is 11.9. The number of carbonyl (C=O) groups is 2. The molecule has 168 valence electrons. The van der Waals surface area contributed by atoms with Crippen molar-refractivity contribution in [2.75, 3.05) is 13.7 Å². The van der Waals surface area contributed by atoms with E-state index >= 15 is 0 Å². The van der Waals surface area contributed by atoms with Crippen LogP contribution in [0, 0.1) is 5.82 Å². The van der Waals surface area contributed by atoms with Gasteiger partial charge in [-0.3, -0.25) is 15.0 Å². The molecular weight excluding hydrogens is 425 g/mol. The van der Waals surface area contributed by atoms with Crippen LogP contribution in [0.3, 0.4) is 0 Å². The fourth-order valence-electron chi connectivity index (χ4n) is 2.95. The largest absolute Gasteiger partial charge is 0.496 e. The zero-order chi connectivity index (χ0) is 23.3. The van der Waals surface area contributed by atoms with Crippen molar-refractivity contribution in [3.05, 3.63) is 76.0 Å². The number of amides is 1. The summed E-state index contributed by atoms with van der Waals surface area (Å²) >= 11 is 0. The summed E-state index contributed by atoms with van der Waals surface area (Å²) in [4.78, 5) is 34.5. The van der Waals surface area contributed by atoms with Crippen molar-refractivity contribution < 1.29 is 33.5 Å². The van der Waals surface area contributed by atoms with Crippen LogP contribution in [0.2, 0.25) is 0 Å². The van der Waals surface area contributed by atoms with E-state index < -0.39 is 35.9 Å². The van der Waals surface area contributed by atoms with Crippen molar-refractivity contribution in [1.29, 1.82) is 0 Å². The lowest BCUT2D eigenvalue weighted by molar-refractivity contribution is -0.148. The van der Waals surface area contributed by atoms with Crippen molar-refractivity contribution in [2.24, 2.45) is 0 Å². The van der Waals surface area contributed by atoms with Gasteiger partial charge in [0.05, 0.1) is 19.7 Å². The molecule has 32 heavy (non-hydrogen) atoms. The lowest BCUT2D eigenvalue weighted by atomic mass is 10.0. The Morgan fingerprint density at radius 2 is 1.94 bits per heavy atom. The zero-order valence-corrected chi connectivity index (χ0v) is 16.9. The number of aliphatic hydroxyl groups is 1. The molecule has 1 aromatic heterocycles. The number of nitrogens with one attached hydrogen (secondary N) is 2. The molecule has 0 aliphatic rings. The van der Waals surface area contributed by atoms with Gasteiger partial charge in [-0.1, -0.05) is 24.3 Å². The maximum atomic E-state index is 13.7. The predicted octanol–water partition coefficient (Wildman–Crippen LogP) is 1.38. The number of hydrogen-bond donors (Lipinski definition) is 4. The Kier molecular flexibility index (Phi) is 7.03. The van der Waals surface area contributed by atoms with E-state index in [1.165, 1.54) is 30.3 Å². The molecule has 0 unspecified atom stereocenters. The number of aromatic nitrogens is 1. The smallest absolute Gasteiger partial charge is 0.333 e. The Bertz CT molecular complexity index is 1160. The first-order valence-electron chi connectivity index (χ1n) is 9.35. The maximum absolute atomic E-state index is 13.7. The van der Waals surface area contributed by atoms with Crippen LogP contribution in [0.4, 0.5) is 4.39 Å². The monoisotopic (exact) mass is 445 g/mol. The molecule has 2 aromatic carbocycles. The van der Waals surface area contributed by atoms with Gasteiger partial charge in [0.2, 0.25) is 5.76 Å². The van der Waals surface area contributed by atoms with Crippen LogP contribution in [-0.2, 0) is 11.3 Å². The first-order chi connectivity index (χ1) is 15.3. The third-order valence-electron chi connectivity index (χ3n) is 4.49. The van der Waals surface area contributed by atoms with Gasteiger partial charge >= 0.3 is 11.9 Å². The molecule has 4 N–H and O–H groups in total. The second-order valence-electron chi connectivity index (χ2n) is 6.79. The number of hydrogen-bond acceptors (Lipinski definition) is 7. The van der Waals surface area contributed by atoms with Crippen LogP contribution >= 0.6 is 0 Å². The minimum atomic E-state index is -1.77. The third kappa shape index (κ3) is 5.59. The highest BCUT2D eigenvalue weighted by atomic mass is 19.1. The number of benzene rings is 2. The molecule has 0 aliphatic carbocycles. The van der Waals surface area contributed by atoms with E-state index in [0.717, 1.165) is 6.07 Å². The highest BCUT2D eigenvalue weighted by Crippen LogP contribution is 2.30. The van der Waals surface area contributed by atoms with E-state index in [1.807, 2.05) is 5.16 Å². The average molecular weight is 445 g/mol. The number of methoxy groups -OCH3 is 1. The molecule has 0 bridgehead atoms. The number of aliphatic hydroxyl groups excluding tert-OH is 1. The number of carbonyl (C=O) groups excluding carboxylic acids is 1. The second-order valence-corrected chi connectivity index (χ2v) is 6.79. The normalized spacial score (nSPS) is 11.9. The number of halogens is 1. The summed E-state index contributed by atoms with van der Waals surface area (Å²) in [6.07, 6.45) is -1.77. The molecule has 0 saturated heterocycles. The first kappa shape index (κ1) is 22.7. The number of hydrazine groups is 1. The summed E-state index contributed by atoms with van der Waals surface area (Å²) in [5.41, 5.74) is 3.67. The average Bonchev–Trinajstić information content (AvgIpc) is 3.20. The summed E-state index contributed by atoms with van der Waals surface area (Å²) < 4.78 is 23.7. The summed E-state index contributed by atoms with van der Waals surface area (Å²) in [5, 5.41) is 21.9. The molecule has 1 amide bonds. The SMILES string of the molecule is COc1ccc(F)cc1-c1ccc(CN(C[C@@H](O)C(=O)O)NC(=O)c2cc(=O)[nH]o2)cc1. The Morgan fingerprint density at radius 1 is 1.22 bits per heavy atom. The fourth-order valence-corrected chi connectivity index (χ4v) is 2.95. The van der Waals surface area contributed by atoms with Gasteiger partial charge in [0.15, 0.2) is 6.10 Å². The lowest BCUT2D eigenvalue weighted by Crippen LogP contribution is -2.47. The standard InChI is InChI=1S/C21H20FN3O7/c1-31-17-7-6-14(22)8-15(17)13-4-2-12(3-5-13)10-25(11-16(26)21(29)30)23-20(28)18-9-19(27)24-32-18/h2-9,16,26H,10-11H2,1H3,(H,23,28)(H,24,27)(H,29,30)/t16-/m1/s1. The van der Waals surface area contributed by atoms with E-state index in [1.54, 1.807) is 24.3 Å². The van der Waals surface area contributed by atoms with Crippen LogP contribution in [-0.4, -0.2) is 52.0 Å². The number of aliphatic carboxylic acids is 1. The van der Waals surface area contributed by atoms with Crippen LogP contribution in [0.15, 0.2) is 57.8 Å². The molecule has 3 aromatic rings. The molecule has 10 nitrogen and oxygen atoms in total.